The fourth-order valence-electron chi connectivity index (χ4n) is 6.70. The maximum absolute atomic E-state index is 6.58. The predicted octanol–water partition coefficient (Wildman–Crippen LogP) is 6.16. The first-order valence-electron chi connectivity index (χ1n) is 16.6. The summed E-state index contributed by atoms with van der Waals surface area (Å²) >= 11 is 0. The molecule has 7 heteroatoms. The van der Waals surface area contributed by atoms with Gasteiger partial charge in [-0.1, -0.05) is 48.2 Å². The molecule has 0 fully saturated rings. The lowest BCUT2D eigenvalue weighted by Gasteiger charge is -2.22. The third-order valence-corrected chi connectivity index (χ3v) is 8.80. The van der Waals surface area contributed by atoms with Crippen LogP contribution in [0.25, 0.3) is 0 Å². The van der Waals surface area contributed by atoms with E-state index in [1.165, 1.54) is 0 Å². The van der Waals surface area contributed by atoms with Gasteiger partial charge >= 0.3 is 0 Å². The summed E-state index contributed by atoms with van der Waals surface area (Å²) in [6.07, 6.45) is 14.2. The Morgan fingerprint density at radius 3 is 1.29 bits per heavy atom. The highest BCUT2D eigenvalue weighted by Crippen LogP contribution is 2.39. The summed E-state index contributed by atoms with van der Waals surface area (Å²) in [4.78, 5) is 0. The molecular weight excluding hydrogens is 616 g/mol. The third-order valence-electron chi connectivity index (χ3n) is 8.80. The minimum absolute atomic E-state index is 0.347. The number of rotatable bonds is 2. The van der Waals surface area contributed by atoms with Crippen LogP contribution in [0.1, 0.15) is 55.6 Å². The Kier molecular flexibility index (Phi) is 11.4. The molecule has 0 N–H and O–H groups in total. The first-order chi connectivity index (χ1) is 24.1. The van der Waals surface area contributed by atoms with E-state index in [-0.39, 0.29) is 0 Å². The smallest absolute Gasteiger partial charge is 0.126 e. The van der Waals surface area contributed by atoms with Crippen LogP contribution in [0.2, 0.25) is 0 Å². The van der Waals surface area contributed by atoms with E-state index in [4.69, 9.17) is 46.0 Å². The Labute approximate surface area is 289 Å². The molecule has 4 aromatic carbocycles. The molecule has 4 aromatic rings. The van der Waals surface area contributed by atoms with Crippen LogP contribution >= 0.6 is 0 Å². The molecule has 1 heterocycles. The van der Waals surface area contributed by atoms with E-state index in [0.29, 0.717) is 78.5 Å². The van der Waals surface area contributed by atoms with E-state index in [2.05, 4.69) is 48.2 Å². The lowest BCUT2D eigenvalue weighted by Crippen LogP contribution is -2.16. The van der Waals surface area contributed by atoms with Crippen LogP contribution in [0.3, 0.4) is 0 Å². The molecule has 10 bridgehead atoms. The van der Waals surface area contributed by atoms with Gasteiger partial charge in [0.25, 0.3) is 0 Å². The van der Waals surface area contributed by atoms with Crippen molar-refractivity contribution in [2.24, 2.45) is 0 Å². The van der Waals surface area contributed by atoms with Crippen LogP contribution in [0, 0.1) is 24.7 Å². The molecular formula is C42H42O7. The van der Waals surface area contributed by atoms with Gasteiger partial charge in [0.2, 0.25) is 0 Å². The van der Waals surface area contributed by atoms with E-state index in [1.54, 1.807) is 14.2 Å². The maximum atomic E-state index is 6.58. The minimum Gasteiger partial charge on any atom is -0.496 e. The quantitative estimate of drug-likeness (QED) is 0.211. The van der Waals surface area contributed by atoms with Gasteiger partial charge in [-0.3, -0.25) is 0 Å². The second-order valence-corrected chi connectivity index (χ2v) is 12.0. The molecule has 0 aromatic heterocycles. The van der Waals surface area contributed by atoms with E-state index in [1.807, 2.05) is 24.3 Å². The number of methoxy groups -OCH3 is 2. The first-order valence-corrected chi connectivity index (χ1v) is 16.6. The predicted molar refractivity (Wildman–Crippen MR) is 189 cm³/mol. The molecule has 2 aliphatic rings. The second-order valence-electron chi connectivity index (χ2n) is 12.0. The molecule has 0 spiro atoms. The number of hydrogen-bond acceptors (Lipinski definition) is 7. The highest BCUT2D eigenvalue weighted by Gasteiger charge is 2.22. The molecule has 7 nitrogen and oxygen atoms in total. The normalized spacial score (nSPS) is 15.4. The van der Waals surface area contributed by atoms with Crippen molar-refractivity contribution in [3.8, 4) is 47.7 Å². The zero-order valence-corrected chi connectivity index (χ0v) is 28.3. The Balaban J connectivity index is 1.59. The number of hydrogen-bond donors (Lipinski definition) is 0. The lowest BCUT2D eigenvalue weighted by atomic mass is 9.89. The SMILES string of the molecule is C#Cc1cc2c(OC)c(c1)Cc1cc(C#C)cc3c1OCCOCCOCCOCCOc1c(cccc1C2)Cc1cccc(c1OC)C3. The lowest BCUT2D eigenvalue weighted by molar-refractivity contribution is 0.00484. The summed E-state index contributed by atoms with van der Waals surface area (Å²) in [5.41, 5.74) is 9.43. The van der Waals surface area contributed by atoms with Gasteiger partial charge in [-0.2, -0.15) is 0 Å². The van der Waals surface area contributed by atoms with Crippen molar-refractivity contribution in [1.82, 2.24) is 0 Å². The third kappa shape index (κ3) is 8.04. The van der Waals surface area contributed by atoms with Gasteiger partial charge in [-0.15, -0.1) is 12.8 Å². The summed E-state index contributed by atoms with van der Waals surface area (Å²) in [5.74, 6) is 8.89. The summed E-state index contributed by atoms with van der Waals surface area (Å²) in [6, 6.07) is 20.6. The van der Waals surface area contributed by atoms with Gasteiger partial charge in [0, 0.05) is 59.1 Å². The maximum Gasteiger partial charge on any atom is 0.126 e. The van der Waals surface area contributed by atoms with Crippen molar-refractivity contribution in [2.75, 3.05) is 67.1 Å². The number of para-hydroxylation sites is 2. The van der Waals surface area contributed by atoms with Crippen molar-refractivity contribution in [2.45, 2.75) is 25.7 Å². The Bertz CT molecular complexity index is 1860. The van der Waals surface area contributed by atoms with E-state index in [9.17, 15) is 0 Å². The van der Waals surface area contributed by atoms with Crippen LogP contribution in [0.15, 0.2) is 60.7 Å². The van der Waals surface area contributed by atoms with Crippen LogP contribution in [0.4, 0.5) is 0 Å². The van der Waals surface area contributed by atoms with E-state index in [0.717, 1.165) is 78.6 Å². The topological polar surface area (TPSA) is 64.6 Å². The summed E-state index contributed by atoms with van der Waals surface area (Å²) < 4.78 is 42.8. The summed E-state index contributed by atoms with van der Waals surface area (Å²) in [7, 11) is 3.42. The van der Waals surface area contributed by atoms with Gasteiger partial charge in [0.1, 0.15) is 36.2 Å². The summed E-state index contributed by atoms with van der Waals surface area (Å²) in [6.45, 7) is 3.39. The molecule has 0 radical (unpaired) electrons. The molecule has 0 saturated carbocycles. The van der Waals surface area contributed by atoms with Gasteiger partial charge < -0.3 is 33.2 Å². The van der Waals surface area contributed by atoms with E-state index >= 15 is 0 Å². The Morgan fingerprint density at radius 1 is 0.469 bits per heavy atom. The van der Waals surface area contributed by atoms with Gasteiger partial charge in [0.05, 0.1) is 53.9 Å². The molecule has 49 heavy (non-hydrogen) atoms. The molecule has 0 atom stereocenters. The highest BCUT2D eigenvalue weighted by molar-refractivity contribution is 5.59. The molecule has 1 aliphatic carbocycles. The van der Waals surface area contributed by atoms with Crippen molar-refractivity contribution in [3.05, 3.63) is 116 Å². The van der Waals surface area contributed by atoms with Crippen LogP contribution < -0.4 is 18.9 Å². The largest absolute Gasteiger partial charge is 0.496 e. The Hall–Kier alpha value is -4.92. The van der Waals surface area contributed by atoms with Crippen LogP contribution in [-0.4, -0.2) is 67.1 Å². The molecule has 0 saturated heterocycles. The minimum atomic E-state index is 0.347. The zero-order chi connectivity index (χ0) is 34.0. The Morgan fingerprint density at radius 2 is 0.816 bits per heavy atom. The van der Waals surface area contributed by atoms with Crippen molar-refractivity contribution >= 4 is 0 Å². The molecule has 1 aliphatic heterocycles. The van der Waals surface area contributed by atoms with E-state index < -0.39 is 0 Å². The average molecular weight is 659 g/mol. The number of fused-ring (bicyclic) bond motifs is 2. The van der Waals surface area contributed by atoms with Gasteiger partial charge in [-0.25, -0.2) is 0 Å². The van der Waals surface area contributed by atoms with Crippen molar-refractivity contribution in [3.63, 3.8) is 0 Å². The molecule has 252 valence electrons. The highest BCUT2D eigenvalue weighted by atomic mass is 16.6. The zero-order valence-electron chi connectivity index (χ0n) is 28.3. The number of benzene rings is 4. The standard InChI is InChI=1S/C42H42O7/c1-5-29-21-35-27-34-12-8-11-33-25-31-9-7-10-32(39(31)43-3)26-37-23-30(6-2)24-38(28-36(22-29)40(35)44-4)42(37)49-20-18-47-16-14-45-13-15-46-17-19-48-41(33)34/h1-2,7-12,21-24H,13-20,25-28H2,3-4H3. The molecule has 0 amide bonds. The fourth-order valence-corrected chi connectivity index (χ4v) is 6.70. The van der Waals surface area contributed by atoms with Crippen molar-refractivity contribution in [1.29, 1.82) is 0 Å². The van der Waals surface area contributed by atoms with Crippen molar-refractivity contribution < 1.29 is 33.2 Å². The van der Waals surface area contributed by atoms with Crippen LogP contribution in [0.5, 0.6) is 23.0 Å². The van der Waals surface area contributed by atoms with Gasteiger partial charge in [-0.05, 0) is 46.5 Å². The molecule has 0 unspecified atom stereocenters. The average Bonchev–Trinajstić information content (AvgIpc) is 3.11. The fraction of sp³-hybridized carbons (Fsp3) is 0.333. The monoisotopic (exact) mass is 658 g/mol. The number of terminal acetylenes is 2. The second kappa shape index (κ2) is 16.5. The number of ether oxygens (including phenoxy) is 7. The van der Waals surface area contributed by atoms with Gasteiger partial charge in [0.15, 0.2) is 0 Å². The summed E-state index contributed by atoms with van der Waals surface area (Å²) in [5, 5.41) is 0. The first kappa shape index (κ1) is 34.0. The molecule has 6 rings (SSSR count). The van der Waals surface area contributed by atoms with Crippen LogP contribution in [-0.2, 0) is 39.9 Å².